The predicted octanol–water partition coefficient (Wildman–Crippen LogP) is 4.24. The number of aryl methyl sites for hydroxylation is 1. The Morgan fingerprint density at radius 3 is 2.31 bits per heavy atom. The molecule has 74 valence electrons. The van der Waals surface area contributed by atoms with Crippen LogP contribution in [0, 0.1) is 5.92 Å². The van der Waals surface area contributed by atoms with Crippen LogP contribution in [-0.4, -0.2) is 0 Å². The van der Waals surface area contributed by atoms with Gasteiger partial charge in [0, 0.05) is 15.2 Å². The van der Waals surface area contributed by atoms with Gasteiger partial charge in [-0.1, -0.05) is 34.6 Å². The Hall–Kier alpha value is -0.300. The summed E-state index contributed by atoms with van der Waals surface area (Å²) in [5.74, 6) is 0.704. The van der Waals surface area contributed by atoms with Crippen molar-refractivity contribution in [1.29, 1.82) is 0 Å². The standard InChI is InChI=1S/C12H20S/c1-6-10-7-8-11(13-10)12(4,5)9(2)3/h7-9H,6H2,1-5H3. The molecule has 0 aliphatic heterocycles. The molecule has 0 atom stereocenters. The quantitative estimate of drug-likeness (QED) is 0.678. The molecule has 0 amide bonds. The fraction of sp³-hybridized carbons (Fsp3) is 0.667. The molecule has 0 radical (unpaired) electrons. The number of rotatable bonds is 3. The van der Waals surface area contributed by atoms with E-state index in [1.807, 2.05) is 11.3 Å². The summed E-state index contributed by atoms with van der Waals surface area (Å²) in [7, 11) is 0. The van der Waals surface area contributed by atoms with E-state index in [1.54, 1.807) is 0 Å². The smallest absolute Gasteiger partial charge is 0.0107 e. The van der Waals surface area contributed by atoms with Crippen LogP contribution in [0.15, 0.2) is 12.1 Å². The summed E-state index contributed by atoms with van der Waals surface area (Å²) < 4.78 is 0. The van der Waals surface area contributed by atoms with Crippen LogP contribution in [0.2, 0.25) is 0 Å². The highest BCUT2D eigenvalue weighted by molar-refractivity contribution is 7.12. The van der Waals surface area contributed by atoms with Crippen LogP contribution in [0.4, 0.5) is 0 Å². The minimum atomic E-state index is 0.331. The average molecular weight is 196 g/mol. The van der Waals surface area contributed by atoms with Gasteiger partial charge in [-0.2, -0.15) is 0 Å². The molecule has 0 aliphatic carbocycles. The van der Waals surface area contributed by atoms with E-state index in [0.29, 0.717) is 11.3 Å². The first kappa shape index (κ1) is 10.8. The van der Waals surface area contributed by atoms with E-state index in [2.05, 4.69) is 46.8 Å². The summed E-state index contributed by atoms with van der Waals surface area (Å²) in [5.41, 5.74) is 0.331. The second-order valence-electron chi connectivity index (χ2n) is 4.50. The maximum absolute atomic E-state index is 2.34. The third-order valence-corrected chi connectivity index (χ3v) is 4.66. The highest BCUT2D eigenvalue weighted by Gasteiger charge is 2.25. The van der Waals surface area contributed by atoms with Crippen LogP contribution in [0.3, 0.4) is 0 Å². The number of hydrogen-bond donors (Lipinski definition) is 0. The molecule has 0 unspecified atom stereocenters. The Morgan fingerprint density at radius 1 is 1.31 bits per heavy atom. The number of hydrogen-bond acceptors (Lipinski definition) is 1. The van der Waals surface area contributed by atoms with Gasteiger partial charge >= 0.3 is 0 Å². The molecule has 0 bridgehead atoms. The largest absolute Gasteiger partial charge is 0.145 e. The molecule has 0 saturated carbocycles. The summed E-state index contributed by atoms with van der Waals surface area (Å²) in [4.78, 5) is 3.03. The van der Waals surface area contributed by atoms with Crippen LogP contribution in [0.25, 0.3) is 0 Å². The van der Waals surface area contributed by atoms with Crippen LogP contribution >= 0.6 is 11.3 Å². The Balaban J connectivity index is 2.93. The van der Waals surface area contributed by atoms with E-state index in [4.69, 9.17) is 0 Å². The van der Waals surface area contributed by atoms with Gasteiger partial charge in [0.2, 0.25) is 0 Å². The summed E-state index contributed by atoms with van der Waals surface area (Å²) in [6.45, 7) is 11.5. The summed E-state index contributed by atoms with van der Waals surface area (Å²) in [6, 6.07) is 4.56. The molecule has 0 saturated heterocycles. The van der Waals surface area contributed by atoms with Gasteiger partial charge in [0.1, 0.15) is 0 Å². The molecule has 0 nitrogen and oxygen atoms in total. The van der Waals surface area contributed by atoms with Crippen LogP contribution in [0.1, 0.15) is 44.4 Å². The topological polar surface area (TPSA) is 0 Å². The lowest BCUT2D eigenvalue weighted by atomic mass is 9.80. The first-order valence-electron chi connectivity index (χ1n) is 5.07. The monoisotopic (exact) mass is 196 g/mol. The molecule has 0 aliphatic rings. The summed E-state index contributed by atoms with van der Waals surface area (Å²) in [6.07, 6.45) is 1.17. The molecule has 0 aromatic carbocycles. The van der Waals surface area contributed by atoms with Crippen LogP contribution in [-0.2, 0) is 11.8 Å². The molecule has 1 aromatic rings. The molecule has 1 aromatic heterocycles. The van der Waals surface area contributed by atoms with Crippen molar-refractivity contribution in [2.24, 2.45) is 5.92 Å². The molecular formula is C12H20S. The van der Waals surface area contributed by atoms with Crippen molar-refractivity contribution >= 4 is 11.3 Å². The fourth-order valence-corrected chi connectivity index (χ4v) is 2.40. The molecular weight excluding hydrogens is 176 g/mol. The zero-order valence-corrected chi connectivity index (χ0v) is 10.2. The molecule has 1 rings (SSSR count). The van der Waals surface area contributed by atoms with Crippen LogP contribution < -0.4 is 0 Å². The Morgan fingerprint density at radius 2 is 1.92 bits per heavy atom. The zero-order valence-electron chi connectivity index (χ0n) is 9.35. The van der Waals surface area contributed by atoms with Gasteiger partial charge in [0.25, 0.3) is 0 Å². The molecule has 1 heterocycles. The lowest BCUT2D eigenvalue weighted by molar-refractivity contribution is 0.379. The maximum Gasteiger partial charge on any atom is 0.0107 e. The van der Waals surface area contributed by atoms with Crippen molar-refractivity contribution in [2.45, 2.75) is 46.5 Å². The van der Waals surface area contributed by atoms with E-state index in [-0.39, 0.29) is 0 Å². The molecule has 0 fully saturated rings. The molecule has 0 N–H and O–H groups in total. The van der Waals surface area contributed by atoms with Gasteiger partial charge < -0.3 is 0 Å². The summed E-state index contributed by atoms with van der Waals surface area (Å²) >= 11 is 1.97. The average Bonchev–Trinajstić information content (AvgIpc) is 2.51. The highest BCUT2D eigenvalue weighted by Crippen LogP contribution is 2.35. The van der Waals surface area contributed by atoms with Gasteiger partial charge in [0.05, 0.1) is 0 Å². The summed E-state index contributed by atoms with van der Waals surface area (Å²) in [5, 5.41) is 0. The molecule has 0 spiro atoms. The Bertz CT molecular complexity index is 268. The Kier molecular flexibility index (Phi) is 3.18. The third kappa shape index (κ3) is 2.14. The van der Waals surface area contributed by atoms with Crippen molar-refractivity contribution in [1.82, 2.24) is 0 Å². The molecule has 1 heteroatoms. The fourth-order valence-electron chi connectivity index (χ4n) is 1.20. The lowest BCUT2D eigenvalue weighted by Gasteiger charge is -2.27. The highest BCUT2D eigenvalue weighted by atomic mass is 32.1. The van der Waals surface area contributed by atoms with Gasteiger partial charge in [-0.25, -0.2) is 0 Å². The second-order valence-corrected chi connectivity index (χ2v) is 5.66. The number of thiophene rings is 1. The van der Waals surface area contributed by atoms with Crippen molar-refractivity contribution in [3.63, 3.8) is 0 Å². The SMILES string of the molecule is CCc1ccc(C(C)(C)C(C)C)s1. The van der Waals surface area contributed by atoms with Gasteiger partial charge in [0.15, 0.2) is 0 Å². The molecule has 13 heavy (non-hydrogen) atoms. The van der Waals surface area contributed by atoms with Crippen LogP contribution in [0.5, 0.6) is 0 Å². The zero-order chi connectivity index (χ0) is 10.1. The van der Waals surface area contributed by atoms with E-state index >= 15 is 0 Å². The van der Waals surface area contributed by atoms with Gasteiger partial charge in [-0.3, -0.25) is 0 Å². The minimum Gasteiger partial charge on any atom is -0.145 e. The Labute approximate surface area is 86.0 Å². The van der Waals surface area contributed by atoms with Crippen molar-refractivity contribution < 1.29 is 0 Å². The van der Waals surface area contributed by atoms with Crippen molar-refractivity contribution in [3.8, 4) is 0 Å². The maximum atomic E-state index is 2.34. The predicted molar refractivity (Wildman–Crippen MR) is 61.6 cm³/mol. The lowest BCUT2D eigenvalue weighted by Crippen LogP contribution is -2.22. The second kappa shape index (κ2) is 3.83. The normalized spacial score (nSPS) is 12.5. The third-order valence-electron chi connectivity index (χ3n) is 3.09. The van der Waals surface area contributed by atoms with E-state index in [9.17, 15) is 0 Å². The van der Waals surface area contributed by atoms with Crippen molar-refractivity contribution in [2.75, 3.05) is 0 Å². The van der Waals surface area contributed by atoms with E-state index < -0.39 is 0 Å². The van der Waals surface area contributed by atoms with E-state index in [1.165, 1.54) is 16.2 Å². The van der Waals surface area contributed by atoms with Gasteiger partial charge in [-0.05, 0) is 24.5 Å². The minimum absolute atomic E-state index is 0.331. The first-order chi connectivity index (χ1) is 5.98. The first-order valence-corrected chi connectivity index (χ1v) is 5.89. The van der Waals surface area contributed by atoms with Gasteiger partial charge in [-0.15, -0.1) is 11.3 Å². The van der Waals surface area contributed by atoms with Crippen molar-refractivity contribution in [3.05, 3.63) is 21.9 Å². The van der Waals surface area contributed by atoms with E-state index in [0.717, 1.165) is 0 Å².